The molecule has 14 nitrogen and oxygen atoms in total. The maximum Gasteiger partial charge on any atom is 0.319 e. The topological polar surface area (TPSA) is 155 Å². The molecule has 36 heavy (non-hydrogen) atoms. The molecular formula is C22H35N4O10+. The Hall–Kier alpha value is -3.10. The molecule has 0 radical (unpaired) electrons. The molecule has 1 saturated carbocycles. The number of carbonyl (C=O) groups excluding carboxylic acids is 4. The molecule has 0 bridgehead atoms. The Morgan fingerprint density at radius 1 is 0.806 bits per heavy atom. The van der Waals surface area contributed by atoms with Crippen molar-refractivity contribution in [2.45, 2.75) is 37.8 Å². The molecule has 2 atom stereocenters. The minimum atomic E-state index is -0.635. The number of nitrogens with zero attached hydrogens (tertiary/aromatic N) is 4. The lowest BCUT2D eigenvalue weighted by molar-refractivity contribution is -0.567. The summed E-state index contributed by atoms with van der Waals surface area (Å²) in [5.41, 5.74) is 0.230. The molecule has 0 spiro atoms. The summed E-state index contributed by atoms with van der Waals surface area (Å²) in [6, 6.07) is -1.04. The van der Waals surface area contributed by atoms with E-state index in [2.05, 4.69) is 0 Å². The molecule has 1 N–H and O–H groups in total. The number of fused-ring (bicyclic) bond motifs is 1. The summed E-state index contributed by atoms with van der Waals surface area (Å²) in [6.07, 6.45) is 2.74. The number of methoxy groups -OCH3 is 4. The molecule has 0 aromatic rings. The molecule has 0 amide bonds. The van der Waals surface area contributed by atoms with Gasteiger partial charge in [0.15, 0.2) is 0 Å². The smallest absolute Gasteiger partial charge is 0.319 e. The average molecular weight is 516 g/mol. The largest absolute Gasteiger partial charge is 0.468 e. The van der Waals surface area contributed by atoms with Crippen molar-refractivity contribution in [2.75, 3.05) is 67.7 Å². The summed E-state index contributed by atoms with van der Waals surface area (Å²) in [4.78, 5) is 64.2. The summed E-state index contributed by atoms with van der Waals surface area (Å²) in [5.74, 6) is -2.53. The monoisotopic (exact) mass is 515 g/mol. The zero-order valence-corrected chi connectivity index (χ0v) is 21.1. The van der Waals surface area contributed by atoms with Crippen molar-refractivity contribution < 1.29 is 48.1 Å². The third-order valence-corrected chi connectivity index (χ3v) is 6.25. The second kappa shape index (κ2) is 13.8. The van der Waals surface area contributed by atoms with Crippen LogP contribution in [0.2, 0.25) is 0 Å². The fraction of sp³-hybridized carbons (Fsp3) is 0.727. The molecule has 14 heteroatoms. The van der Waals surface area contributed by atoms with Crippen LogP contribution < -0.4 is 0 Å². The molecule has 0 aromatic heterocycles. The Morgan fingerprint density at radius 2 is 1.22 bits per heavy atom. The van der Waals surface area contributed by atoms with Gasteiger partial charge in [-0.15, -0.1) is 0 Å². The molecule has 1 aliphatic carbocycles. The van der Waals surface area contributed by atoms with E-state index in [4.69, 9.17) is 18.9 Å². The number of rotatable bonds is 12. The minimum absolute atomic E-state index is 0.0909. The highest BCUT2D eigenvalue weighted by molar-refractivity contribution is 5.75. The van der Waals surface area contributed by atoms with E-state index in [0.717, 1.165) is 22.7 Å². The molecule has 1 aliphatic heterocycles. The number of hydrogen-bond acceptors (Lipinski definition) is 13. The van der Waals surface area contributed by atoms with Gasteiger partial charge in [-0.25, -0.2) is 5.06 Å². The zero-order valence-electron chi connectivity index (χ0n) is 21.1. The standard InChI is InChI=1S/C22H35N4O10/c1-33-19(27)11-23(12-20(28)34-2)9-17-18(10-24(13-21(29)35-3)14-22(30)36-4)26(32)16-8-6-5-7-15(16)25(17)31/h15-16,31H,5-14H2,1-4H3/q+1/t15-,16+/m0/s1. The molecule has 0 saturated heterocycles. The van der Waals surface area contributed by atoms with Gasteiger partial charge < -0.3 is 18.9 Å². The first-order chi connectivity index (χ1) is 17.1. The predicted octanol–water partition coefficient (Wildman–Crippen LogP) is -0.711. The van der Waals surface area contributed by atoms with Crippen molar-refractivity contribution in [1.29, 1.82) is 0 Å². The lowest BCUT2D eigenvalue weighted by Crippen LogP contribution is -2.56. The lowest BCUT2D eigenvalue weighted by Gasteiger charge is -2.39. The maximum absolute atomic E-state index is 13.6. The van der Waals surface area contributed by atoms with Gasteiger partial charge in [0.25, 0.3) is 5.70 Å². The zero-order chi connectivity index (χ0) is 26.8. The van der Waals surface area contributed by atoms with E-state index in [9.17, 15) is 29.3 Å². The van der Waals surface area contributed by atoms with Gasteiger partial charge in [-0.1, -0.05) is 6.42 Å². The van der Waals surface area contributed by atoms with Gasteiger partial charge in [0.1, 0.15) is 11.7 Å². The Morgan fingerprint density at radius 3 is 1.67 bits per heavy atom. The van der Waals surface area contributed by atoms with Crippen molar-refractivity contribution in [3.8, 4) is 0 Å². The molecular weight excluding hydrogens is 480 g/mol. The Kier molecular flexibility index (Phi) is 11.2. The third-order valence-electron chi connectivity index (χ3n) is 6.25. The fourth-order valence-corrected chi connectivity index (χ4v) is 4.38. The third kappa shape index (κ3) is 7.70. The lowest BCUT2D eigenvalue weighted by atomic mass is 9.87. The number of hydrogen-bond donors (Lipinski definition) is 1. The van der Waals surface area contributed by atoms with Crippen LogP contribution in [-0.2, 0) is 38.1 Å². The fourth-order valence-electron chi connectivity index (χ4n) is 4.38. The van der Waals surface area contributed by atoms with Crippen LogP contribution in [0.25, 0.3) is 0 Å². The summed E-state index contributed by atoms with van der Waals surface area (Å²) < 4.78 is 19.7. The highest BCUT2D eigenvalue weighted by atomic mass is 16.5. The predicted molar refractivity (Wildman–Crippen MR) is 121 cm³/mol. The highest BCUT2D eigenvalue weighted by Gasteiger charge is 2.50. The summed E-state index contributed by atoms with van der Waals surface area (Å²) in [6.45, 7) is -1.63. The van der Waals surface area contributed by atoms with E-state index in [-0.39, 0.29) is 50.7 Å². The molecule has 1 fully saturated rings. The first-order valence-electron chi connectivity index (χ1n) is 11.5. The van der Waals surface area contributed by atoms with Crippen LogP contribution in [-0.4, -0.2) is 128 Å². The summed E-state index contributed by atoms with van der Waals surface area (Å²) >= 11 is 0. The average Bonchev–Trinajstić information content (AvgIpc) is 2.88. The van der Waals surface area contributed by atoms with Crippen molar-refractivity contribution in [3.05, 3.63) is 16.3 Å². The van der Waals surface area contributed by atoms with E-state index < -0.39 is 36.0 Å². The SMILES string of the molecule is COC(=O)CN(CC(=O)OC)CC1=C(CN(CC(=O)OC)CC(=O)OC)[N+](=O)[C@@H]2CCCC[C@@H]2N1O. The normalized spacial score (nSPS) is 19.8. The van der Waals surface area contributed by atoms with Crippen LogP contribution in [0.1, 0.15) is 25.7 Å². The van der Waals surface area contributed by atoms with Gasteiger partial charge in [0, 0.05) is 22.6 Å². The van der Waals surface area contributed by atoms with Gasteiger partial charge in [-0.2, -0.15) is 0 Å². The van der Waals surface area contributed by atoms with E-state index in [1.165, 1.54) is 38.2 Å². The second-order valence-electron chi connectivity index (χ2n) is 8.58. The molecule has 2 rings (SSSR count). The first kappa shape index (κ1) is 29.1. The quantitative estimate of drug-likeness (QED) is 0.198. The van der Waals surface area contributed by atoms with Gasteiger partial charge in [-0.3, -0.25) is 34.2 Å². The van der Waals surface area contributed by atoms with Gasteiger partial charge in [0.2, 0.25) is 6.04 Å². The molecule has 0 unspecified atom stereocenters. The Balaban J connectivity index is 2.49. The van der Waals surface area contributed by atoms with Crippen molar-refractivity contribution >= 4 is 23.9 Å². The maximum atomic E-state index is 13.6. The summed E-state index contributed by atoms with van der Waals surface area (Å²) in [5, 5.41) is 12.2. The van der Waals surface area contributed by atoms with Crippen molar-refractivity contribution in [2.24, 2.45) is 0 Å². The number of nitroso groups, excluding NO2 is 1. The Bertz CT molecular complexity index is 841. The minimum Gasteiger partial charge on any atom is -0.468 e. The number of esters is 4. The van der Waals surface area contributed by atoms with E-state index in [0.29, 0.717) is 12.8 Å². The molecule has 202 valence electrons. The van der Waals surface area contributed by atoms with Gasteiger partial charge in [-0.05, 0) is 12.8 Å². The summed E-state index contributed by atoms with van der Waals surface area (Å²) in [7, 11) is 4.80. The highest BCUT2D eigenvalue weighted by Crippen LogP contribution is 2.34. The number of ether oxygens (including phenoxy) is 4. The van der Waals surface area contributed by atoms with E-state index in [1.807, 2.05) is 0 Å². The number of carbonyl (C=O) groups is 4. The molecule has 0 aromatic carbocycles. The van der Waals surface area contributed by atoms with E-state index in [1.54, 1.807) is 0 Å². The Labute approximate surface area is 209 Å². The van der Waals surface area contributed by atoms with Crippen LogP contribution in [0.15, 0.2) is 11.4 Å². The molecule has 1 heterocycles. The number of hydroxylamine groups is 2. The van der Waals surface area contributed by atoms with Crippen molar-refractivity contribution in [3.63, 3.8) is 0 Å². The van der Waals surface area contributed by atoms with E-state index >= 15 is 0 Å². The van der Waals surface area contributed by atoms with Gasteiger partial charge in [0.05, 0.1) is 61.2 Å². The van der Waals surface area contributed by atoms with Crippen LogP contribution in [0.3, 0.4) is 0 Å². The van der Waals surface area contributed by atoms with Gasteiger partial charge >= 0.3 is 23.9 Å². The van der Waals surface area contributed by atoms with Crippen LogP contribution in [0, 0.1) is 4.91 Å². The molecule has 2 aliphatic rings. The van der Waals surface area contributed by atoms with Crippen LogP contribution in [0.4, 0.5) is 0 Å². The van der Waals surface area contributed by atoms with Crippen LogP contribution >= 0.6 is 0 Å². The van der Waals surface area contributed by atoms with Crippen LogP contribution in [0.5, 0.6) is 0 Å². The van der Waals surface area contributed by atoms with Crippen molar-refractivity contribution in [1.82, 2.24) is 14.9 Å². The second-order valence-corrected chi connectivity index (χ2v) is 8.58. The first-order valence-corrected chi connectivity index (χ1v) is 11.5.